The summed E-state index contributed by atoms with van der Waals surface area (Å²) in [5.41, 5.74) is 1.84. The Bertz CT molecular complexity index is 808. The van der Waals surface area contributed by atoms with E-state index in [4.69, 9.17) is 4.74 Å². The second kappa shape index (κ2) is 10.1. The summed E-state index contributed by atoms with van der Waals surface area (Å²) in [5, 5.41) is 13.2. The molecular weight excluding hydrogens is 378 g/mol. The number of nitrogens with one attached hydrogen (secondary N) is 1. The highest BCUT2D eigenvalue weighted by Crippen LogP contribution is 2.22. The summed E-state index contributed by atoms with van der Waals surface area (Å²) in [5.74, 6) is 0.805. The molecule has 0 aliphatic carbocycles. The Morgan fingerprint density at radius 1 is 1.13 bits per heavy atom. The van der Waals surface area contributed by atoms with Gasteiger partial charge < -0.3 is 15.2 Å². The summed E-state index contributed by atoms with van der Waals surface area (Å²) < 4.78 is 5.77. The van der Waals surface area contributed by atoms with Crippen molar-refractivity contribution < 1.29 is 14.6 Å². The quantitative estimate of drug-likeness (QED) is 0.663. The second-order valence-corrected chi connectivity index (χ2v) is 8.53. The first-order valence-corrected chi connectivity index (χ1v) is 10.5. The van der Waals surface area contributed by atoms with E-state index in [0.29, 0.717) is 19.6 Å². The van der Waals surface area contributed by atoms with Crippen LogP contribution in [0.5, 0.6) is 5.75 Å². The van der Waals surface area contributed by atoms with Crippen LogP contribution in [0.15, 0.2) is 54.6 Å². The molecule has 1 fully saturated rings. The van der Waals surface area contributed by atoms with Gasteiger partial charge >= 0.3 is 0 Å². The van der Waals surface area contributed by atoms with Crippen molar-refractivity contribution in [3.8, 4) is 5.75 Å². The van der Waals surface area contributed by atoms with E-state index in [1.54, 1.807) is 0 Å². The van der Waals surface area contributed by atoms with Gasteiger partial charge in [0.25, 0.3) is 0 Å². The standard InChI is InChI=1S/C24H33N3O3/c1-24(2)23(29)25-13-14-27(24)16-20-9-11-22(12-10-20)30-18-21(28)17-26(3)15-19-7-5-4-6-8-19/h4-12,21,28H,13-18H2,1-3H3,(H,25,29). The van der Waals surface area contributed by atoms with Crippen LogP contribution in [0.1, 0.15) is 25.0 Å². The van der Waals surface area contributed by atoms with Crippen LogP contribution >= 0.6 is 0 Å². The average molecular weight is 412 g/mol. The number of hydrogen-bond donors (Lipinski definition) is 2. The number of nitrogens with zero attached hydrogens (tertiary/aromatic N) is 2. The molecule has 0 aromatic heterocycles. The molecule has 2 N–H and O–H groups in total. The number of benzene rings is 2. The van der Waals surface area contributed by atoms with Crippen molar-refractivity contribution in [2.24, 2.45) is 0 Å². The van der Waals surface area contributed by atoms with Crippen molar-refractivity contribution in [1.29, 1.82) is 0 Å². The Labute approximate surface area is 179 Å². The summed E-state index contributed by atoms with van der Waals surface area (Å²) in [6.07, 6.45) is -0.564. The minimum atomic E-state index is -0.564. The van der Waals surface area contributed by atoms with Crippen LogP contribution in [-0.2, 0) is 17.9 Å². The third-order valence-electron chi connectivity index (χ3n) is 5.57. The van der Waals surface area contributed by atoms with Gasteiger partial charge in [-0.05, 0) is 44.2 Å². The van der Waals surface area contributed by atoms with Gasteiger partial charge in [0.1, 0.15) is 18.5 Å². The molecule has 2 aromatic carbocycles. The van der Waals surface area contributed by atoms with Crippen molar-refractivity contribution in [3.05, 3.63) is 65.7 Å². The van der Waals surface area contributed by atoms with E-state index in [1.807, 2.05) is 63.4 Å². The van der Waals surface area contributed by atoms with Crippen LogP contribution in [-0.4, -0.2) is 65.7 Å². The molecule has 6 nitrogen and oxygen atoms in total. The van der Waals surface area contributed by atoms with Crippen molar-refractivity contribution in [2.45, 2.75) is 38.6 Å². The van der Waals surface area contributed by atoms with Gasteiger partial charge in [0, 0.05) is 32.7 Å². The molecule has 1 unspecified atom stereocenters. The minimum absolute atomic E-state index is 0.0694. The molecule has 1 aliphatic rings. The molecule has 1 aliphatic heterocycles. The van der Waals surface area contributed by atoms with Crippen LogP contribution < -0.4 is 10.1 Å². The van der Waals surface area contributed by atoms with E-state index >= 15 is 0 Å². The van der Waals surface area contributed by atoms with Crippen LogP contribution in [0.2, 0.25) is 0 Å². The number of aliphatic hydroxyl groups excluding tert-OH is 1. The Hall–Kier alpha value is -2.41. The largest absolute Gasteiger partial charge is 0.491 e. The summed E-state index contributed by atoms with van der Waals surface area (Å²) in [7, 11) is 1.99. The summed E-state index contributed by atoms with van der Waals surface area (Å²) in [4.78, 5) is 16.4. The van der Waals surface area contributed by atoms with Crippen LogP contribution in [0, 0.1) is 0 Å². The Kier molecular flexibility index (Phi) is 7.48. The highest BCUT2D eigenvalue weighted by Gasteiger charge is 2.37. The maximum Gasteiger partial charge on any atom is 0.240 e. The highest BCUT2D eigenvalue weighted by atomic mass is 16.5. The van der Waals surface area contributed by atoms with Gasteiger partial charge in [-0.2, -0.15) is 0 Å². The number of carbonyl (C=O) groups is 1. The number of likely N-dealkylation sites (N-methyl/N-ethyl adjacent to an activating group) is 1. The number of rotatable bonds is 9. The van der Waals surface area contributed by atoms with Gasteiger partial charge in [-0.15, -0.1) is 0 Å². The van der Waals surface area contributed by atoms with Crippen molar-refractivity contribution in [2.75, 3.05) is 33.3 Å². The van der Waals surface area contributed by atoms with Crippen LogP contribution in [0.25, 0.3) is 0 Å². The molecule has 2 aromatic rings. The molecular formula is C24H33N3O3. The lowest BCUT2D eigenvalue weighted by molar-refractivity contribution is -0.135. The maximum atomic E-state index is 12.1. The minimum Gasteiger partial charge on any atom is -0.491 e. The number of piperazine rings is 1. The smallest absolute Gasteiger partial charge is 0.240 e. The number of amides is 1. The molecule has 0 spiro atoms. The number of ether oxygens (including phenoxy) is 1. The van der Waals surface area contributed by atoms with Crippen molar-refractivity contribution in [1.82, 2.24) is 15.1 Å². The predicted molar refractivity (Wildman–Crippen MR) is 118 cm³/mol. The van der Waals surface area contributed by atoms with Gasteiger partial charge in [-0.25, -0.2) is 0 Å². The fraction of sp³-hybridized carbons (Fsp3) is 0.458. The van der Waals surface area contributed by atoms with Crippen molar-refractivity contribution >= 4 is 5.91 Å². The zero-order valence-corrected chi connectivity index (χ0v) is 18.2. The molecule has 0 radical (unpaired) electrons. The molecule has 1 heterocycles. The Morgan fingerprint density at radius 3 is 2.53 bits per heavy atom. The summed E-state index contributed by atoms with van der Waals surface area (Å²) in [6, 6.07) is 18.1. The molecule has 0 bridgehead atoms. The lowest BCUT2D eigenvalue weighted by Gasteiger charge is -2.41. The van der Waals surface area contributed by atoms with E-state index in [0.717, 1.165) is 24.4 Å². The van der Waals surface area contributed by atoms with E-state index in [2.05, 4.69) is 27.2 Å². The van der Waals surface area contributed by atoms with Crippen LogP contribution in [0.4, 0.5) is 0 Å². The zero-order valence-electron chi connectivity index (χ0n) is 18.2. The Balaban J connectivity index is 1.44. The van der Waals surface area contributed by atoms with Gasteiger partial charge in [-0.3, -0.25) is 14.6 Å². The van der Waals surface area contributed by atoms with E-state index in [9.17, 15) is 9.90 Å². The third-order valence-corrected chi connectivity index (χ3v) is 5.57. The van der Waals surface area contributed by atoms with Gasteiger partial charge in [0.2, 0.25) is 5.91 Å². The van der Waals surface area contributed by atoms with E-state index < -0.39 is 11.6 Å². The molecule has 1 atom stereocenters. The molecule has 1 saturated heterocycles. The van der Waals surface area contributed by atoms with E-state index in [-0.39, 0.29) is 12.5 Å². The number of hydrogen-bond acceptors (Lipinski definition) is 5. The summed E-state index contributed by atoms with van der Waals surface area (Å²) in [6.45, 7) is 7.71. The lowest BCUT2D eigenvalue weighted by Crippen LogP contribution is -2.61. The second-order valence-electron chi connectivity index (χ2n) is 8.53. The van der Waals surface area contributed by atoms with Gasteiger partial charge in [0.05, 0.1) is 5.54 Å². The molecule has 30 heavy (non-hydrogen) atoms. The number of aliphatic hydroxyl groups is 1. The topological polar surface area (TPSA) is 65.0 Å². The normalized spacial score (nSPS) is 17.6. The highest BCUT2D eigenvalue weighted by molar-refractivity contribution is 5.86. The molecule has 6 heteroatoms. The summed E-state index contributed by atoms with van der Waals surface area (Å²) >= 11 is 0. The third kappa shape index (κ3) is 6.05. The monoisotopic (exact) mass is 411 g/mol. The van der Waals surface area contributed by atoms with Crippen molar-refractivity contribution in [3.63, 3.8) is 0 Å². The maximum absolute atomic E-state index is 12.1. The van der Waals surface area contributed by atoms with Gasteiger partial charge in [0.15, 0.2) is 0 Å². The first-order chi connectivity index (χ1) is 14.3. The Morgan fingerprint density at radius 2 is 1.83 bits per heavy atom. The SMILES string of the molecule is CN(Cc1ccccc1)CC(O)COc1ccc(CN2CCNC(=O)C2(C)C)cc1. The fourth-order valence-corrected chi connectivity index (χ4v) is 3.70. The molecule has 3 rings (SSSR count). The molecule has 1 amide bonds. The zero-order chi connectivity index (χ0) is 21.6. The predicted octanol–water partition coefficient (Wildman–Crippen LogP) is 2.27. The first-order valence-electron chi connectivity index (χ1n) is 10.5. The number of carbonyl (C=O) groups excluding carboxylic acids is 1. The molecule has 162 valence electrons. The fourth-order valence-electron chi connectivity index (χ4n) is 3.70. The first kappa shape index (κ1) is 22.3. The average Bonchev–Trinajstić information content (AvgIpc) is 2.72. The lowest BCUT2D eigenvalue weighted by atomic mass is 9.98. The molecule has 0 saturated carbocycles. The van der Waals surface area contributed by atoms with Gasteiger partial charge in [-0.1, -0.05) is 42.5 Å². The van der Waals surface area contributed by atoms with E-state index in [1.165, 1.54) is 5.56 Å². The van der Waals surface area contributed by atoms with Crippen LogP contribution in [0.3, 0.4) is 0 Å².